The average Bonchev–Trinajstić information content (AvgIpc) is 2.92. The third-order valence-corrected chi connectivity index (χ3v) is 4.45. The van der Waals surface area contributed by atoms with Gasteiger partial charge < -0.3 is 25.0 Å². The van der Waals surface area contributed by atoms with Gasteiger partial charge in [-0.3, -0.25) is 4.79 Å². The molecule has 3 aliphatic rings. The average molecular weight is 289 g/mol. The van der Waals surface area contributed by atoms with Crippen molar-refractivity contribution in [3.8, 4) is 11.5 Å². The second-order valence-electron chi connectivity index (χ2n) is 5.66. The first-order chi connectivity index (χ1) is 10.1. The van der Waals surface area contributed by atoms with E-state index >= 15 is 0 Å². The molecule has 1 aromatic rings. The van der Waals surface area contributed by atoms with Crippen molar-refractivity contribution in [2.24, 2.45) is 5.92 Å². The summed E-state index contributed by atoms with van der Waals surface area (Å²) in [7, 11) is 0. The number of hydrogen-bond donors (Lipinski definition) is 3. The zero-order valence-corrected chi connectivity index (χ0v) is 11.4. The van der Waals surface area contributed by atoms with Crippen LogP contribution in [0, 0.1) is 5.92 Å². The number of amides is 1. The van der Waals surface area contributed by atoms with E-state index in [4.69, 9.17) is 9.47 Å². The molecule has 0 bridgehead atoms. The number of benzene rings is 1. The number of nitrogens with one attached hydrogen (secondary N) is 1. The van der Waals surface area contributed by atoms with E-state index in [0.29, 0.717) is 17.1 Å². The lowest BCUT2D eigenvalue weighted by molar-refractivity contribution is 0.00113. The summed E-state index contributed by atoms with van der Waals surface area (Å²) in [5.41, 5.74) is 2.04. The fourth-order valence-corrected chi connectivity index (χ4v) is 3.23. The molecular formula is C15H15NO5. The van der Waals surface area contributed by atoms with Crippen molar-refractivity contribution in [1.82, 2.24) is 5.32 Å². The van der Waals surface area contributed by atoms with Crippen molar-refractivity contribution in [3.63, 3.8) is 0 Å². The van der Waals surface area contributed by atoms with Crippen LogP contribution in [0.15, 0.2) is 18.2 Å². The topological polar surface area (TPSA) is 88.0 Å². The predicted molar refractivity (Wildman–Crippen MR) is 73.0 cm³/mol. The van der Waals surface area contributed by atoms with E-state index in [-0.39, 0.29) is 24.7 Å². The van der Waals surface area contributed by atoms with Crippen LogP contribution in [-0.2, 0) is 0 Å². The molecular weight excluding hydrogens is 274 g/mol. The number of aliphatic hydroxyl groups excluding tert-OH is 2. The lowest BCUT2D eigenvalue weighted by atomic mass is 9.75. The molecule has 3 N–H and O–H groups in total. The maximum Gasteiger partial charge on any atom is 0.252 e. The molecule has 4 atom stereocenters. The zero-order valence-electron chi connectivity index (χ0n) is 11.4. The van der Waals surface area contributed by atoms with Crippen LogP contribution in [-0.4, -0.2) is 41.2 Å². The molecule has 6 heteroatoms. The predicted octanol–water partition coefficient (Wildman–Crippen LogP) is 0.282. The molecule has 0 spiro atoms. The van der Waals surface area contributed by atoms with Crippen molar-refractivity contribution < 1.29 is 24.5 Å². The van der Waals surface area contributed by atoms with E-state index in [2.05, 4.69) is 5.32 Å². The van der Waals surface area contributed by atoms with Crippen LogP contribution in [0.4, 0.5) is 0 Å². The molecule has 0 aromatic heterocycles. The highest BCUT2D eigenvalue weighted by Gasteiger charge is 2.41. The first-order valence-corrected chi connectivity index (χ1v) is 6.89. The van der Waals surface area contributed by atoms with Gasteiger partial charge in [-0.1, -0.05) is 6.92 Å². The Kier molecular flexibility index (Phi) is 2.55. The standard InChI is InChI=1S/C15H15NO5/c1-6-13-8(2-10(17)14(6)18)7-3-11-12(21-5-20-11)4-9(7)15(19)16-13/h2-4,6,10,13-14,17-18H,5H2,1H3,(H,16,19)/t6-,10-,13-,14-/m0/s1. The summed E-state index contributed by atoms with van der Waals surface area (Å²) in [6, 6.07) is 3.11. The fourth-order valence-electron chi connectivity index (χ4n) is 3.23. The molecule has 21 heavy (non-hydrogen) atoms. The summed E-state index contributed by atoms with van der Waals surface area (Å²) < 4.78 is 10.7. The number of ether oxygens (including phenoxy) is 2. The third-order valence-electron chi connectivity index (χ3n) is 4.45. The first kappa shape index (κ1) is 12.7. The van der Waals surface area contributed by atoms with Crippen LogP contribution in [0.1, 0.15) is 22.8 Å². The highest BCUT2D eigenvalue weighted by Crippen LogP contribution is 2.42. The van der Waals surface area contributed by atoms with Crippen molar-refractivity contribution in [2.45, 2.75) is 25.2 Å². The smallest absolute Gasteiger partial charge is 0.252 e. The van der Waals surface area contributed by atoms with Crippen molar-refractivity contribution in [3.05, 3.63) is 29.3 Å². The van der Waals surface area contributed by atoms with Gasteiger partial charge in [0.2, 0.25) is 6.79 Å². The van der Waals surface area contributed by atoms with Gasteiger partial charge in [-0.05, 0) is 29.3 Å². The molecule has 1 amide bonds. The maximum absolute atomic E-state index is 12.3. The quantitative estimate of drug-likeness (QED) is 0.638. The number of fused-ring (bicyclic) bond motifs is 4. The number of carbonyl (C=O) groups excluding carboxylic acids is 1. The minimum atomic E-state index is -0.945. The van der Waals surface area contributed by atoms with Crippen LogP contribution in [0.5, 0.6) is 11.5 Å². The molecule has 6 nitrogen and oxygen atoms in total. The summed E-state index contributed by atoms with van der Waals surface area (Å²) >= 11 is 0. The number of aliphatic hydroxyl groups is 2. The van der Waals surface area contributed by atoms with Crippen LogP contribution in [0.2, 0.25) is 0 Å². The second-order valence-corrected chi connectivity index (χ2v) is 5.66. The zero-order chi connectivity index (χ0) is 14.7. The van der Waals surface area contributed by atoms with Crippen LogP contribution >= 0.6 is 0 Å². The molecule has 0 fully saturated rings. The number of carbonyl (C=O) groups is 1. The largest absolute Gasteiger partial charge is 0.454 e. The molecule has 4 rings (SSSR count). The maximum atomic E-state index is 12.3. The van der Waals surface area contributed by atoms with Crippen LogP contribution in [0.3, 0.4) is 0 Å². The Bertz CT molecular complexity index is 668. The van der Waals surface area contributed by atoms with Gasteiger partial charge in [0.15, 0.2) is 11.5 Å². The van der Waals surface area contributed by atoms with Gasteiger partial charge in [0.1, 0.15) is 0 Å². The van der Waals surface area contributed by atoms with Gasteiger partial charge in [0.05, 0.1) is 23.8 Å². The van der Waals surface area contributed by atoms with E-state index in [1.807, 2.05) is 6.92 Å². The molecule has 110 valence electrons. The summed E-state index contributed by atoms with van der Waals surface area (Å²) in [6.45, 7) is 1.95. The van der Waals surface area contributed by atoms with Gasteiger partial charge in [0.25, 0.3) is 5.91 Å². The highest BCUT2D eigenvalue weighted by atomic mass is 16.7. The lowest BCUT2D eigenvalue weighted by Gasteiger charge is -2.40. The van der Waals surface area contributed by atoms with Crippen molar-refractivity contribution in [1.29, 1.82) is 0 Å². The monoisotopic (exact) mass is 289 g/mol. The van der Waals surface area contributed by atoms with E-state index < -0.39 is 12.2 Å². The van der Waals surface area contributed by atoms with Gasteiger partial charge in [-0.2, -0.15) is 0 Å². The molecule has 0 radical (unpaired) electrons. The van der Waals surface area contributed by atoms with Crippen molar-refractivity contribution in [2.75, 3.05) is 6.79 Å². The lowest BCUT2D eigenvalue weighted by Crippen LogP contribution is -2.52. The number of rotatable bonds is 0. The summed E-state index contributed by atoms with van der Waals surface area (Å²) in [6.07, 6.45) is -0.232. The first-order valence-electron chi connectivity index (χ1n) is 6.89. The summed E-state index contributed by atoms with van der Waals surface area (Å²) in [4.78, 5) is 12.3. The minimum absolute atomic E-state index is 0.139. The van der Waals surface area contributed by atoms with Gasteiger partial charge >= 0.3 is 0 Å². The van der Waals surface area contributed by atoms with Crippen LogP contribution < -0.4 is 14.8 Å². The van der Waals surface area contributed by atoms with Gasteiger partial charge in [-0.15, -0.1) is 0 Å². The Morgan fingerprint density at radius 3 is 2.57 bits per heavy atom. The molecule has 0 saturated carbocycles. The molecule has 0 saturated heterocycles. The Balaban J connectivity index is 1.90. The molecule has 0 unspecified atom stereocenters. The van der Waals surface area contributed by atoms with E-state index in [9.17, 15) is 15.0 Å². The third kappa shape index (κ3) is 1.69. The SMILES string of the molecule is C[C@@H]1[C@H](O)[C@@H](O)C=C2c3cc4c(cc3C(=O)N[C@H]21)OCO4. The van der Waals surface area contributed by atoms with E-state index in [0.717, 1.165) is 11.1 Å². The Labute approximate surface area is 121 Å². The highest BCUT2D eigenvalue weighted by molar-refractivity contribution is 6.05. The second kappa shape index (κ2) is 4.22. The van der Waals surface area contributed by atoms with E-state index in [1.54, 1.807) is 18.2 Å². The van der Waals surface area contributed by atoms with Crippen molar-refractivity contribution >= 4 is 11.5 Å². The fraction of sp³-hybridized carbons (Fsp3) is 0.400. The Morgan fingerprint density at radius 1 is 1.19 bits per heavy atom. The minimum Gasteiger partial charge on any atom is -0.454 e. The van der Waals surface area contributed by atoms with Crippen LogP contribution in [0.25, 0.3) is 5.57 Å². The number of hydrogen-bond acceptors (Lipinski definition) is 5. The summed E-state index contributed by atoms with van der Waals surface area (Å²) in [5, 5.41) is 22.9. The Morgan fingerprint density at radius 2 is 1.86 bits per heavy atom. The van der Waals surface area contributed by atoms with E-state index in [1.165, 1.54) is 0 Å². The molecule has 1 aromatic carbocycles. The molecule has 2 heterocycles. The van der Waals surface area contributed by atoms with Gasteiger partial charge in [0, 0.05) is 5.92 Å². The van der Waals surface area contributed by atoms with Gasteiger partial charge in [-0.25, -0.2) is 0 Å². The Hall–Kier alpha value is -2.05. The molecule has 1 aliphatic carbocycles. The summed E-state index contributed by atoms with van der Waals surface area (Å²) in [5.74, 6) is 0.659. The molecule has 2 aliphatic heterocycles. The normalized spacial score (nSPS) is 32.9.